The van der Waals surface area contributed by atoms with Crippen molar-refractivity contribution in [3.63, 3.8) is 0 Å². The second-order valence-electron chi connectivity index (χ2n) is 3.62. The van der Waals surface area contributed by atoms with Crippen LogP contribution in [0.15, 0.2) is 18.2 Å². The Morgan fingerprint density at radius 3 is 2.71 bits per heavy atom. The van der Waals surface area contributed by atoms with Crippen molar-refractivity contribution in [3.05, 3.63) is 29.6 Å². The SMILES string of the molecule is CCNCc1cc(F)cc(OCCOCC)c1. The Kier molecular flexibility index (Phi) is 6.58. The minimum absolute atomic E-state index is 0.271. The molecule has 0 radical (unpaired) electrons. The molecular formula is C13H20FNO2. The van der Waals surface area contributed by atoms with E-state index in [1.54, 1.807) is 0 Å². The van der Waals surface area contributed by atoms with Crippen molar-refractivity contribution in [2.24, 2.45) is 0 Å². The van der Waals surface area contributed by atoms with Crippen LogP contribution >= 0.6 is 0 Å². The van der Waals surface area contributed by atoms with Crippen molar-refractivity contribution in [1.29, 1.82) is 0 Å². The first-order valence-corrected chi connectivity index (χ1v) is 5.97. The van der Waals surface area contributed by atoms with Crippen molar-refractivity contribution < 1.29 is 13.9 Å². The van der Waals surface area contributed by atoms with E-state index in [9.17, 15) is 4.39 Å². The summed E-state index contributed by atoms with van der Waals surface area (Å²) in [4.78, 5) is 0. The summed E-state index contributed by atoms with van der Waals surface area (Å²) in [6.07, 6.45) is 0. The van der Waals surface area contributed by atoms with Crippen molar-refractivity contribution in [2.75, 3.05) is 26.4 Å². The Balaban J connectivity index is 2.50. The van der Waals surface area contributed by atoms with Crippen molar-refractivity contribution in [1.82, 2.24) is 5.32 Å². The number of rotatable bonds is 8. The number of benzene rings is 1. The lowest BCUT2D eigenvalue weighted by Crippen LogP contribution is -2.12. The van der Waals surface area contributed by atoms with Gasteiger partial charge in [0.05, 0.1) is 6.61 Å². The molecule has 0 saturated heterocycles. The Hall–Kier alpha value is -1.13. The molecular weight excluding hydrogens is 221 g/mol. The molecule has 17 heavy (non-hydrogen) atoms. The molecule has 3 nitrogen and oxygen atoms in total. The predicted molar refractivity (Wildman–Crippen MR) is 65.8 cm³/mol. The first kappa shape index (κ1) is 13.9. The topological polar surface area (TPSA) is 30.5 Å². The predicted octanol–water partition coefficient (Wildman–Crippen LogP) is 2.35. The summed E-state index contributed by atoms with van der Waals surface area (Å²) in [5.74, 6) is 0.282. The fourth-order valence-electron chi connectivity index (χ4n) is 1.44. The normalized spacial score (nSPS) is 10.5. The molecule has 0 heterocycles. The second kappa shape index (κ2) is 8.03. The van der Waals surface area contributed by atoms with Crippen LogP contribution in [0.4, 0.5) is 4.39 Å². The summed E-state index contributed by atoms with van der Waals surface area (Å²) in [7, 11) is 0. The standard InChI is InChI=1S/C13H20FNO2/c1-3-15-10-11-7-12(14)9-13(8-11)17-6-5-16-4-2/h7-9,15H,3-6,10H2,1-2H3. The Morgan fingerprint density at radius 1 is 1.18 bits per heavy atom. The lowest BCUT2D eigenvalue weighted by atomic mass is 10.2. The van der Waals surface area contributed by atoms with Gasteiger partial charge >= 0.3 is 0 Å². The molecule has 1 rings (SSSR count). The van der Waals surface area contributed by atoms with Gasteiger partial charge in [-0.05, 0) is 31.2 Å². The third-order valence-corrected chi connectivity index (χ3v) is 2.21. The van der Waals surface area contributed by atoms with E-state index < -0.39 is 0 Å². The summed E-state index contributed by atoms with van der Waals surface area (Å²) in [5, 5.41) is 3.15. The molecule has 0 amide bonds. The van der Waals surface area contributed by atoms with E-state index in [1.165, 1.54) is 12.1 Å². The first-order valence-electron chi connectivity index (χ1n) is 5.97. The maximum absolute atomic E-state index is 13.3. The van der Waals surface area contributed by atoms with Crippen LogP contribution in [0.2, 0.25) is 0 Å². The molecule has 0 saturated carbocycles. The Morgan fingerprint density at radius 2 is 2.00 bits per heavy atom. The second-order valence-corrected chi connectivity index (χ2v) is 3.62. The average Bonchev–Trinajstić information content (AvgIpc) is 2.31. The van der Waals surface area contributed by atoms with Crippen LogP contribution < -0.4 is 10.1 Å². The van der Waals surface area contributed by atoms with Gasteiger partial charge in [0.15, 0.2) is 0 Å². The third kappa shape index (κ3) is 5.65. The summed E-state index contributed by atoms with van der Waals surface area (Å²) in [6.45, 7) is 7.08. The highest BCUT2D eigenvalue weighted by atomic mass is 19.1. The molecule has 1 N–H and O–H groups in total. The van der Waals surface area contributed by atoms with Crippen LogP contribution in [0, 0.1) is 5.82 Å². The Labute approximate surface area is 102 Å². The summed E-state index contributed by atoms with van der Waals surface area (Å²) in [6, 6.07) is 4.75. The molecule has 1 aromatic carbocycles. The highest BCUT2D eigenvalue weighted by molar-refractivity contribution is 5.29. The first-order chi connectivity index (χ1) is 8.26. The van der Waals surface area contributed by atoms with E-state index in [1.807, 2.05) is 19.9 Å². The average molecular weight is 241 g/mol. The van der Waals surface area contributed by atoms with Gasteiger partial charge < -0.3 is 14.8 Å². The Bertz CT molecular complexity index is 331. The number of halogens is 1. The highest BCUT2D eigenvalue weighted by Gasteiger charge is 2.01. The van der Waals surface area contributed by atoms with E-state index in [0.29, 0.717) is 32.1 Å². The molecule has 0 aliphatic carbocycles. The highest BCUT2D eigenvalue weighted by Crippen LogP contribution is 2.16. The van der Waals surface area contributed by atoms with Crippen LogP contribution in [0.5, 0.6) is 5.75 Å². The van der Waals surface area contributed by atoms with Crippen LogP contribution in [0.3, 0.4) is 0 Å². The van der Waals surface area contributed by atoms with E-state index in [0.717, 1.165) is 12.1 Å². The number of hydrogen-bond acceptors (Lipinski definition) is 3. The van der Waals surface area contributed by atoms with E-state index in [4.69, 9.17) is 9.47 Å². The molecule has 0 aliphatic rings. The maximum Gasteiger partial charge on any atom is 0.127 e. The zero-order valence-corrected chi connectivity index (χ0v) is 10.5. The number of hydrogen-bond donors (Lipinski definition) is 1. The molecule has 96 valence electrons. The fraction of sp³-hybridized carbons (Fsp3) is 0.538. The lowest BCUT2D eigenvalue weighted by Gasteiger charge is -2.09. The van der Waals surface area contributed by atoms with E-state index in [2.05, 4.69) is 5.32 Å². The van der Waals surface area contributed by atoms with Gasteiger partial charge in [-0.15, -0.1) is 0 Å². The van der Waals surface area contributed by atoms with Gasteiger partial charge in [-0.25, -0.2) is 4.39 Å². The van der Waals surface area contributed by atoms with Crippen LogP contribution in [0.25, 0.3) is 0 Å². The summed E-state index contributed by atoms with van der Waals surface area (Å²) in [5.41, 5.74) is 0.887. The monoisotopic (exact) mass is 241 g/mol. The maximum atomic E-state index is 13.3. The molecule has 0 aliphatic heterocycles. The summed E-state index contributed by atoms with van der Waals surface area (Å²) < 4.78 is 23.9. The van der Waals surface area contributed by atoms with Gasteiger partial charge in [0, 0.05) is 19.2 Å². The van der Waals surface area contributed by atoms with E-state index in [-0.39, 0.29) is 5.82 Å². The van der Waals surface area contributed by atoms with Crippen molar-refractivity contribution in [2.45, 2.75) is 20.4 Å². The molecule has 0 aromatic heterocycles. The van der Waals surface area contributed by atoms with Crippen LogP contribution in [-0.2, 0) is 11.3 Å². The molecule has 4 heteroatoms. The van der Waals surface area contributed by atoms with Crippen LogP contribution in [0.1, 0.15) is 19.4 Å². The van der Waals surface area contributed by atoms with Crippen molar-refractivity contribution in [3.8, 4) is 5.75 Å². The molecule has 0 bridgehead atoms. The molecule has 0 unspecified atom stereocenters. The van der Waals surface area contributed by atoms with Crippen LogP contribution in [-0.4, -0.2) is 26.4 Å². The molecule has 0 spiro atoms. The lowest BCUT2D eigenvalue weighted by molar-refractivity contribution is 0.110. The number of nitrogens with one attached hydrogen (secondary N) is 1. The minimum atomic E-state index is -0.271. The zero-order valence-electron chi connectivity index (χ0n) is 10.5. The quantitative estimate of drug-likeness (QED) is 0.709. The molecule has 0 fully saturated rings. The fourth-order valence-corrected chi connectivity index (χ4v) is 1.44. The zero-order chi connectivity index (χ0) is 12.5. The largest absolute Gasteiger partial charge is 0.491 e. The summed E-state index contributed by atoms with van der Waals surface area (Å²) >= 11 is 0. The van der Waals surface area contributed by atoms with Crippen molar-refractivity contribution >= 4 is 0 Å². The van der Waals surface area contributed by atoms with Gasteiger partial charge in [0.25, 0.3) is 0 Å². The van der Waals surface area contributed by atoms with Gasteiger partial charge in [-0.3, -0.25) is 0 Å². The van der Waals surface area contributed by atoms with Gasteiger partial charge in [0.1, 0.15) is 18.2 Å². The van der Waals surface area contributed by atoms with E-state index >= 15 is 0 Å². The van der Waals surface area contributed by atoms with Gasteiger partial charge in [-0.1, -0.05) is 6.92 Å². The molecule has 1 aromatic rings. The smallest absolute Gasteiger partial charge is 0.127 e. The molecule has 0 atom stereocenters. The third-order valence-electron chi connectivity index (χ3n) is 2.21. The van der Waals surface area contributed by atoms with Gasteiger partial charge in [-0.2, -0.15) is 0 Å². The minimum Gasteiger partial charge on any atom is -0.491 e. The number of ether oxygens (including phenoxy) is 2. The van der Waals surface area contributed by atoms with Gasteiger partial charge in [0.2, 0.25) is 0 Å².